The van der Waals surface area contributed by atoms with Crippen LogP contribution in [0.25, 0.3) is 0 Å². The van der Waals surface area contributed by atoms with E-state index in [0.29, 0.717) is 5.69 Å². The van der Waals surface area contributed by atoms with E-state index < -0.39 is 5.91 Å². The van der Waals surface area contributed by atoms with E-state index in [9.17, 15) is 4.79 Å². The van der Waals surface area contributed by atoms with Crippen LogP contribution in [-0.2, 0) is 7.05 Å². The standard InChI is InChI=1S/C5H8N4O/c1-9-2-3(6)4(8-9)5(7)10/h2H,6H2,1H3,(H2,7,10). The second-order valence-corrected chi connectivity index (χ2v) is 1.97. The number of nitrogens with two attached hydrogens (primary N) is 2. The van der Waals surface area contributed by atoms with Crippen molar-refractivity contribution in [3.63, 3.8) is 0 Å². The molecule has 1 heterocycles. The Balaban J connectivity index is 3.15. The summed E-state index contributed by atoms with van der Waals surface area (Å²) in [7, 11) is 1.67. The summed E-state index contributed by atoms with van der Waals surface area (Å²) in [5, 5.41) is 3.73. The van der Waals surface area contributed by atoms with Crippen molar-refractivity contribution >= 4 is 11.6 Å². The van der Waals surface area contributed by atoms with E-state index in [-0.39, 0.29) is 5.69 Å². The molecule has 54 valence electrons. The Hall–Kier alpha value is -1.52. The van der Waals surface area contributed by atoms with Crippen molar-refractivity contribution in [2.45, 2.75) is 0 Å². The minimum Gasteiger partial charge on any atom is -0.396 e. The van der Waals surface area contributed by atoms with Crippen molar-refractivity contribution in [3.05, 3.63) is 11.9 Å². The molecule has 4 N–H and O–H groups in total. The third-order valence-electron chi connectivity index (χ3n) is 1.09. The zero-order valence-electron chi connectivity index (χ0n) is 5.53. The van der Waals surface area contributed by atoms with Crippen LogP contribution in [0, 0.1) is 0 Å². The molecule has 5 heteroatoms. The summed E-state index contributed by atoms with van der Waals surface area (Å²) in [4.78, 5) is 10.5. The molecular weight excluding hydrogens is 132 g/mol. The number of aryl methyl sites for hydroxylation is 1. The lowest BCUT2D eigenvalue weighted by Crippen LogP contribution is -2.13. The lowest BCUT2D eigenvalue weighted by atomic mass is 10.4. The van der Waals surface area contributed by atoms with Gasteiger partial charge < -0.3 is 11.5 Å². The van der Waals surface area contributed by atoms with Crippen molar-refractivity contribution in [1.82, 2.24) is 9.78 Å². The van der Waals surface area contributed by atoms with Gasteiger partial charge in [-0.3, -0.25) is 9.48 Å². The highest BCUT2D eigenvalue weighted by Gasteiger charge is 2.08. The van der Waals surface area contributed by atoms with Crippen LogP contribution in [0.3, 0.4) is 0 Å². The van der Waals surface area contributed by atoms with E-state index in [1.807, 2.05) is 0 Å². The van der Waals surface area contributed by atoms with E-state index in [1.54, 1.807) is 7.05 Å². The molecule has 0 aliphatic heterocycles. The van der Waals surface area contributed by atoms with Gasteiger partial charge >= 0.3 is 0 Å². The van der Waals surface area contributed by atoms with Gasteiger partial charge in [-0.05, 0) is 0 Å². The number of rotatable bonds is 1. The summed E-state index contributed by atoms with van der Waals surface area (Å²) in [6.07, 6.45) is 1.53. The van der Waals surface area contributed by atoms with Crippen molar-refractivity contribution in [1.29, 1.82) is 0 Å². The number of aromatic nitrogens is 2. The quantitative estimate of drug-likeness (QED) is 0.530. The first kappa shape index (κ1) is 6.60. The molecule has 0 aliphatic rings. The molecule has 1 aromatic heterocycles. The van der Waals surface area contributed by atoms with Gasteiger partial charge in [-0.15, -0.1) is 0 Å². The average molecular weight is 140 g/mol. The second kappa shape index (κ2) is 2.02. The van der Waals surface area contributed by atoms with Crippen LogP contribution in [0.15, 0.2) is 6.20 Å². The van der Waals surface area contributed by atoms with Gasteiger partial charge in [0, 0.05) is 13.2 Å². The summed E-state index contributed by atoms with van der Waals surface area (Å²) in [6.45, 7) is 0. The van der Waals surface area contributed by atoms with Crippen molar-refractivity contribution in [2.24, 2.45) is 12.8 Å². The molecule has 5 nitrogen and oxygen atoms in total. The fourth-order valence-electron chi connectivity index (χ4n) is 0.698. The number of carbonyl (C=O) groups is 1. The monoisotopic (exact) mass is 140 g/mol. The predicted molar refractivity (Wildman–Crippen MR) is 36.1 cm³/mol. The van der Waals surface area contributed by atoms with E-state index in [2.05, 4.69) is 5.10 Å². The van der Waals surface area contributed by atoms with Gasteiger partial charge in [-0.1, -0.05) is 0 Å². The van der Waals surface area contributed by atoms with Gasteiger partial charge in [-0.25, -0.2) is 0 Å². The summed E-state index contributed by atoms with van der Waals surface area (Å²) in [5.74, 6) is -0.599. The number of amides is 1. The first-order valence-corrected chi connectivity index (χ1v) is 2.70. The van der Waals surface area contributed by atoms with Crippen molar-refractivity contribution in [2.75, 3.05) is 5.73 Å². The van der Waals surface area contributed by atoms with Gasteiger partial charge in [0.05, 0.1) is 5.69 Å². The van der Waals surface area contributed by atoms with Gasteiger partial charge in [0.25, 0.3) is 5.91 Å². The van der Waals surface area contributed by atoms with Crippen LogP contribution in [0.4, 0.5) is 5.69 Å². The smallest absolute Gasteiger partial charge is 0.271 e. The maximum Gasteiger partial charge on any atom is 0.271 e. The van der Waals surface area contributed by atoms with Crippen molar-refractivity contribution < 1.29 is 4.79 Å². The number of nitrogens with zero attached hydrogens (tertiary/aromatic N) is 2. The predicted octanol–water partition coefficient (Wildman–Crippen LogP) is -0.899. The van der Waals surface area contributed by atoms with Gasteiger partial charge in [-0.2, -0.15) is 5.10 Å². The molecule has 0 unspecified atom stereocenters. The zero-order chi connectivity index (χ0) is 7.72. The summed E-state index contributed by atoms with van der Waals surface area (Å²) >= 11 is 0. The fourth-order valence-corrected chi connectivity index (χ4v) is 0.698. The first-order chi connectivity index (χ1) is 4.61. The number of primary amides is 1. The van der Waals surface area contributed by atoms with Crippen LogP contribution in [0.1, 0.15) is 10.5 Å². The molecule has 0 spiro atoms. The van der Waals surface area contributed by atoms with E-state index in [0.717, 1.165) is 0 Å². The van der Waals surface area contributed by atoms with Crippen LogP contribution in [-0.4, -0.2) is 15.7 Å². The molecule has 0 saturated heterocycles. The van der Waals surface area contributed by atoms with Crippen molar-refractivity contribution in [3.8, 4) is 0 Å². The molecule has 0 fully saturated rings. The van der Waals surface area contributed by atoms with Gasteiger partial charge in [0.2, 0.25) is 0 Å². The van der Waals surface area contributed by atoms with Gasteiger partial charge in [0.15, 0.2) is 5.69 Å². The van der Waals surface area contributed by atoms with Gasteiger partial charge in [0.1, 0.15) is 0 Å². The lowest BCUT2D eigenvalue weighted by Gasteiger charge is -1.86. The summed E-state index contributed by atoms with van der Waals surface area (Å²) in [6, 6.07) is 0. The molecule has 0 saturated carbocycles. The number of anilines is 1. The maximum absolute atomic E-state index is 10.5. The van der Waals surface area contributed by atoms with Crippen LogP contribution >= 0.6 is 0 Å². The van der Waals surface area contributed by atoms with Crippen LogP contribution in [0.2, 0.25) is 0 Å². The Morgan fingerprint density at radius 1 is 1.80 bits per heavy atom. The van der Waals surface area contributed by atoms with E-state index in [1.165, 1.54) is 10.9 Å². The molecule has 0 bridgehead atoms. The summed E-state index contributed by atoms with van der Waals surface area (Å²) < 4.78 is 1.44. The zero-order valence-corrected chi connectivity index (χ0v) is 5.53. The molecule has 10 heavy (non-hydrogen) atoms. The Kier molecular flexibility index (Phi) is 1.33. The SMILES string of the molecule is Cn1cc(N)c(C(N)=O)n1. The minimum atomic E-state index is -0.599. The molecule has 1 aromatic rings. The molecule has 1 rings (SSSR count). The van der Waals surface area contributed by atoms with Crippen LogP contribution < -0.4 is 11.5 Å². The highest BCUT2D eigenvalue weighted by atomic mass is 16.1. The maximum atomic E-state index is 10.5. The Morgan fingerprint density at radius 3 is 2.60 bits per heavy atom. The fraction of sp³-hybridized carbons (Fsp3) is 0.200. The topological polar surface area (TPSA) is 86.9 Å². The Labute approximate surface area is 57.6 Å². The number of hydrogen-bond acceptors (Lipinski definition) is 3. The highest BCUT2D eigenvalue weighted by Crippen LogP contribution is 2.05. The average Bonchev–Trinajstić information content (AvgIpc) is 2.10. The van der Waals surface area contributed by atoms with E-state index >= 15 is 0 Å². The molecule has 0 atom stereocenters. The normalized spacial score (nSPS) is 9.70. The Morgan fingerprint density at radius 2 is 2.40 bits per heavy atom. The molecular formula is C5H8N4O. The largest absolute Gasteiger partial charge is 0.396 e. The molecule has 1 amide bonds. The molecule has 0 aromatic carbocycles. The lowest BCUT2D eigenvalue weighted by molar-refractivity contribution is 0.0995. The summed E-state index contributed by atoms with van der Waals surface area (Å²) in [5.41, 5.74) is 10.7. The van der Waals surface area contributed by atoms with E-state index in [4.69, 9.17) is 11.5 Å². The Bertz CT molecular complexity index is 265. The number of carbonyl (C=O) groups excluding carboxylic acids is 1. The molecule has 0 aliphatic carbocycles. The number of hydrogen-bond donors (Lipinski definition) is 2. The first-order valence-electron chi connectivity index (χ1n) is 2.70. The highest BCUT2D eigenvalue weighted by molar-refractivity contribution is 5.95. The second-order valence-electron chi connectivity index (χ2n) is 1.97. The minimum absolute atomic E-state index is 0.127. The third kappa shape index (κ3) is 0.928. The third-order valence-corrected chi connectivity index (χ3v) is 1.09. The van der Waals surface area contributed by atoms with Crippen LogP contribution in [0.5, 0.6) is 0 Å². The molecule has 0 radical (unpaired) electrons. The number of nitrogen functional groups attached to an aromatic ring is 1.